The summed E-state index contributed by atoms with van der Waals surface area (Å²) in [6.45, 7) is 2.69. The number of hydrogen-bond acceptors (Lipinski definition) is 6. The number of carbonyl (C=O) groups is 2. The van der Waals surface area contributed by atoms with Crippen LogP contribution in [0.25, 0.3) is 11.1 Å². The van der Waals surface area contributed by atoms with Gasteiger partial charge in [0.25, 0.3) is 5.91 Å². The first-order chi connectivity index (χ1) is 14.7. The maximum atomic E-state index is 12.7. The second kappa shape index (κ2) is 10.1. The summed E-state index contributed by atoms with van der Waals surface area (Å²) < 4.78 is 10.8. The largest absolute Gasteiger partial charge is 0.451 e. The molecule has 1 saturated carbocycles. The van der Waals surface area contributed by atoms with Crippen LogP contribution in [0.5, 0.6) is 0 Å². The van der Waals surface area contributed by atoms with Gasteiger partial charge in [0.2, 0.25) is 0 Å². The Morgan fingerprint density at radius 2 is 1.83 bits per heavy atom. The maximum Gasteiger partial charge on any atom is 0.348 e. The van der Waals surface area contributed by atoms with E-state index in [1.165, 1.54) is 17.8 Å². The molecule has 0 radical (unpaired) electrons. The van der Waals surface area contributed by atoms with Crippen LogP contribution in [0.15, 0.2) is 36.4 Å². The van der Waals surface area contributed by atoms with Crippen LogP contribution in [0.3, 0.4) is 0 Å². The van der Waals surface area contributed by atoms with Crippen molar-refractivity contribution < 1.29 is 19.1 Å². The minimum Gasteiger partial charge on any atom is -0.451 e. The lowest BCUT2D eigenvalue weighted by Gasteiger charge is -2.28. The number of benzene rings is 1. The Kier molecular flexibility index (Phi) is 7.02. The summed E-state index contributed by atoms with van der Waals surface area (Å²) in [7, 11) is 0. The van der Waals surface area contributed by atoms with Gasteiger partial charge < -0.3 is 19.7 Å². The number of thiophene rings is 1. The van der Waals surface area contributed by atoms with Gasteiger partial charge in [0.1, 0.15) is 4.88 Å². The highest BCUT2D eigenvalue weighted by Crippen LogP contribution is 2.39. The Balaban J connectivity index is 1.44. The van der Waals surface area contributed by atoms with Crippen molar-refractivity contribution in [2.75, 3.05) is 37.8 Å². The van der Waals surface area contributed by atoms with Crippen molar-refractivity contribution in [2.24, 2.45) is 0 Å². The molecule has 2 aliphatic rings. The zero-order valence-corrected chi connectivity index (χ0v) is 17.9. The summed E-state index contributed by atoms with van der Waals surface area (Å²) in [6, 6.07) is 12.1. The van der Waals surface area contributed by atoms with Gasteiger partial charge in [-0.1, -0.05) is 49.6 Å². The van der Waals surface area contributed by atoms with E-state index in [4.69, 9.17) is 9.47 Å². The highest BCUT2D eigenvalue weighted by molar-refractivity contribution is 7.18. The third-order valence-corrected chi connectivity index (χ3v) is 6.78. The molecule has 160 valence electrons. The quantitative estimate of drug-likeness (QED) is 0.708. The third kappa shape index (κ3) is 5.21. The number of carbonyl (C=O) groups excluding carboxylic acids is 2. The molecule has 7 heteroatoms. The first-order valence-electron chi connectivity index (χ1n) is 10.7. The second-order valence-electron chi connectivity index (χ2n) is 7.77. The summed E-state index contributed by atoms with van der Waals surface area (Å²) in [5.41, 5.74) is 2.07. The second-order valence-corrected chi connectivity index (χ2v) is 8.80. The highest BCUT2D eigenvalue weighted by Gasteiger charge is 2.23. The highest BCUT2D eigenvalue weighted by atomic mass is 32.1. The molecule has 6 nitrogen and oxygen atoms in total. The molecule has 0 atom stereocenters. The lowest BCUT2D eigenvalue weighted by Crippen LogP contribution is -2.38. The van der Waals surface area contributed by atoms with Crippen LogP contribution in [0.4, 0.5) is 5.00 Å². The molecule has 1 aromatic heterocycles. The fourth-order valence-corrected chi connectivity index (χ4v) is 5.15. The third-order valence-electron chi connectivity index (χ3n) is 5.60. The Bertz CT molecular complexity index is 855. The van der Waals surface area contributed by atoms with E-state index < -0.39 is 5.97 Å². The Morgan fingerprint density at radius 3 is 2.57 bits per heavy atom. The van der Waals surface area contributed by atoms with Gasteiger partial charge in [0.05, 0.1) is 18.2 Å². The van der Waals surface area contributed by atoms with Crippen LogP contribution in [-0.2, 0) is 14.3 Å². The first kappa shape index (κ1) is 20.9. The number of ether oxygens (including phenoxy) is 2. The number of hydrogen-bond donors (Lipinski definition) is 1. The Morgan fingerprint density at radius 1 is 1.10 bits per heavy atom. The predicted octanol–water partition coefficient (Wildman–Crippen LogP) is 3.86. The van der Waals surface area contributed by atoms with Gasteiger partial charge in [-0.2, -0.15) is 0 Å². The molecule has 1 aliphatic heterocycles. The number of morpholine rings is 1. The molecule has 1 N–H and O–H groups in total. The maximum absolute atomic E-state index is 12.7. The van der Waals surface area contributed by atoms with Crippen molar-refractivity contribution >= 4 is 28.2 Å². The van der Waals surface area contributed by atoms with Gasteiger partial charge in [-0.05, 0) is 24.5 Å². The van der Waals surface area contributed by atoms with Gasteiger partial charge in [0, 0.05) is 24.7 Å². The zero-order chi connectivity index (χ0) is 20.8. The van der Waals surface area contributed by atoms with E-state index in [0.717, 1.165) is 54.9 Å². The Labute approximate surface area is 181 Å². The SMILES string of the molecule is O=C(COC(=O)c1cc(-c2ccccc2)c(N2CCOCC2)s1)NC1CCCCC1. The van der Waals surface area contributed by atoms with Crippen molar-refractivity contribution in [1.82, 2.24) is 5.32 Å². The van der Waals surface area contributed by atoms with Crippen LogP contribution in [-0.4, -0.2) is 50.8 Å². The molecule has 1 aliphatic carbocycles. The van der Waals surface area contributed by atoms with Crippen LogP contribution in [0.1, 0.15) is 41.8 Å². The molecule has 2 heterocycles. The van der Waals surface area contributed by atoms with E-state index in [9.17, 15) is 9.59 Å². The number of amides is 1. The summed E-state index contributed by atoms with van der Waals surface area (Å²) in [5, 5.41) is 4.03. The van der Waals surface area contributed by atoms with Crippen molar-refractivity contribution in [3.63, 3.8) is 0 Å². The number of nitrogens with zero attached hydrogens (tertiary/aromatic N) is 1. The molecule has 0 unspecified atom stereocenters. The lowest BCUT2D eigenvalue weighted by atomic mass is 9.95. The molecule has 0 bridgehead atoms. The summed E-state index contributed by atoms with van der Waals surface area (Å²) >= 11 is 1.42. The van der Waals surface area contributed by atoms with Crippen molar-refractivity contribution in [1.29, 1.82) is 0 Å². The van der Waals surface area contributed by atoms with Gasteiger partial charge >= 0.3 is 5.97 Å². The number of rotatable bonds is 6. The monoisotopic (exact) mass is 428 g/mol. The molecular formula is C23H28N2O4S. The van der Waals surface area contributed by atoms with Crippen LogP contribution < -0.4 is 10.2 Å². The van der Waals surface area contributed by atoms with Gasteiger partial charge in [0.15, 0.2) is 6.61 Å². The fourth-order valence-electron chi connectivity index (χ4n) is 4.03. The summed E-state index contributed by atoms with van der Waals surface area (Å²) in [4.78, 5) is 27.6. The number of anilines is 1. The van der Waals surface area contributed by atoms with Crippen LogP contribution >= 0.6 is 11.3 Å². The average molecular weight is 429 g/mol. The van der Waals surface area contributed by atoms with Crippen molar-refractivity contribution in [3.05, 3.63) is 41.3 Å². The normalized spacial score (nSPS) is 17.5. The molecule has 2 fully saturated rings. The minimum absolute atomic E-state index is 0.212. The standard InChI is InChI=1S/C23H28N2O4S/c26-21(24-18-9-5-2-6-10-18)16-29-23(27)20-15-19(17-7-3-1-4-8-17)22(30-20)25-11-13-28-14-12-25/h1,3-4,7-8,15,18H,2,5-6,9-14,16H2,(H,24,26). The molecule has 0 spiro atoms. The number of nitrogens with one attached hydrogen (secondary N) is 1. The number of esters is 1. The van der Waals surface area contributed by atoms with E-state index in [1.54, 1.807) is 0 Å². The van der Waals surface area contributed by atoms with E-state index in [-0.39, 0.29) is 18.6 Å². The van der Waals surface area contributed by atoms with Crippen molar-refractivity contribution in [3.8, 4) is 11.1 Å². The summed E-state index contributed by atoms with van der Waals surface area (Å²) in [5.74, 6) is -0.668. The molecule has 2 aromatic rings. The van der Waals surface area contributed by atoms with Crippen LogP contribution in [0.2, 0.25) is 0 Å². The average Bonchev–Trinajstić information content (AvgIpc) is 3.25. The van der Waals surface area contributed by atoms with E-state index in [2.05, 4.69) is 10.2 Å². The van der Waals surface area contributed by atoms with E-state index >= 15 is 0 Å². The molecule has 1 saturated heterocycles. The van der Waals surface area contributed by atoms with Crippen LogP contribution in [0, 0.1) is 0 Å². The van der Waals surface area contributed by atoms with Gasteiger partial charge in [-0.25, -0.2) is 4.79 Å². The smallest absolute Gasteiger partial charge is 0.348 e. The van der Waals surface area contributed by atoms with Gasteiger partial charge in [-0.3, -0.25) is 4.79 Å². The predicted molar refractivity (Wildman–Crippen MR) is 118 cm³/mol. The first-order valence-corrected chi connectivity index (χ1v) is 11.5. The molecule has 1 amide bonds. The Hall–Kier alpha value is -2.38. The topological polar surface area (TPSA) is 67.9 Å². The van der Waals surface area contributed by atoms with E-state index in [0.29, 0.717) is 18.1 Å². The molecule has 4 rings (SSSR count). The fraction of sp³-hybridized carbons (Fsp3) is 0.478. The van der Waals surface area contributed by atoms with Gasteiger partial charge in [-0.15, -0.1) is 11.3 Å². The minimum atomic E-state index is -0.449. The molecule has 30 heavy (non-hydrogen) atoms. The summed E-state index contributed by atoms with van der Waals surface area (Å²) in [6.07, 6.45) is 5.54. The van der Waals surface area contributed by atoms with Crippen molar-refractivity contribution in [2.45, 2.75) is 38.1 Å². The molecule has 1 aromatic carbocycles. The molecular weight excluding hydrogens is 400 g/mol. The lowest BCUT2D eigenvalue weighted by molar-refractivity contribution is -0.125. The van der Waals surface area contributed by atoms with E-state index in [1.807, 2.05) is 36.4 Å². The zero-order valence-electron chi connectivity index (χ0n) is 17.1.